The van der Waals surface area contributed by atoms with Crippen molar-refractivity contribution in [2.24, 2.45) is 0 Å². The van der Waals surface area contributed by atoms with Gasteiger partial charge in [0, 0.05) is 18.1 Å². The largest absolute Gasteiger partial charge is 0.478 e. The zero-order valence-electron chi connectivity index (χ0n) is 11.0. The minimum absolute atomic E-state index is 0.211. The predicted molar refractivity (Wildman–Crippen MR) is 84.1 cm³/mol. The van der Waals surface area contributed by atoms with Gasteiger partial charge in [-0.2, -0.15) is 0 Å². The first kappa shape index (κ1) is 14.4. The molecule has 0 bridgehead atoms. The van der Waals surface area contributed by atoms with Gasteiger partial charge in [-0.3, -0.25) is 0 Å². The van der Waals surface area contributed by atoms with Crippen molar-refractivity contribution in [3.63, 3.8) is 0 Å². The van der Waals surface area contributed by atoms with E-state index in [2.05, 4.69) is 15.9 Å². The van der Waals surface area contributed by atoms with Crippen molar-refractivity contribution in [1.82, 2.24) is 0 Å². The number of rotatable bonds is 4. The zero-order chi connectivity index (χ0) is 14.7. The molecule has 0 aliphatic rings. The smallest absolute Gasteiger partial charge is 0.337 e. The summed E-state index contributed by atoms with van der Waals surface area (Å²) in [5.41, 5.74) is 8.21. The second kappa shape index (κ2) is 5.96. The Labute approximate surface area is 126 Å². The van der Waals surface area contributed by atoms with Crippen LogP contribution in [0.5, 0.6) is 0 Å². The molecule has 0 aromatic heterocycles. The number of halogens is 1. The maximum Gasteiger partial charge on any atom is 0.337 e. The lowest BCUT2D eigenvalue weighted by Gasteiger charge is -2.23. The number of hydrogen-bond donors (Lipinski definition) is 2. The Balaban J connectivity index is 2.34. The number of anilines is 2. The Kier molecular flexibility index (Phi) is 4.29. The van der Waals surface area contributed by atoms with Gasteiger partial charge >= 0.3 is 5.97 Å². The SMILES string of the molecule is CN(Cc1cccc(Br)c1)c1c(N)cccc1C(=O)O. The van der Waals surface area contributed by atoms with E-state index >= 15 is 0 Å². The lowest BCUT2D eigenvalue weighted by atomic mass is 10.1. The van der Waals surface area contributed by atoms with Crippen LogP contribution in [-0.4, -0.2) is 18.1 Å². The van der Waals surface area contributed by atoms with E-state index < -0.39 is 5.97 Å². The minimum Gasteiger partial charge on any atom is -0.478 e. The normalized spacial score (nSPS) is 10.3. The van der Waals surface area contributed by atoms with Crippen LogP contribution >= 0.6 is 15.9 Å². The van der Waals surface area contributed by atoms with Crippen molar-refractivity contribution >= 4 is 33.3 Å². The van der Waals surface area contributed by atoms with Gasteiger partial charge in [-0.25, -0.2) is 4.79 Å². The van der Waals surface area contributed by atoms with E-state index in [0.717, 1.165) is 10.0 Å². The van der Waals surface area contributed by atoms with Crippen molar-refractivity contribution < 1.29 is 9.90 Å². The van der Waals surface area contributed by atoms with Crippen LogP contribution in [0.15, 0.2) is 46.9 Å². The molecule has 0 atom stereocenters. The molecule has 0 saturated carbocycles. The number of carboxylic acids is 1. The Morgan fingerprint density at radius 1 is 1.30 bits per heavy atom. The molecule has 0 radical (unpaired) electrons. The van der Waals surface area contributed by atoms with Gasteiger partial charge in [-0.1, -0.05) is 34.1 Å². The van der Waals surface area contributed by atoms with Crippen LogP contribution in [-0.2, 0) is 6.54 Å². The van der Waals surface area contributed by atoms with Gasteiger partial charge in [0.2, 0.25) is 0 Å². The summed E-state index contributed by atoms with van der Waals surface area (Å²) >= 11 is 3.42. The Hall–Kier alpha value is -2.01. The first-order chi connectivity index (χ1) is 9.49. The highest BCUT2D eigenvalue weighted by molar-refractivity contribution is 9.10. The van der Waals surface area contributed by atoms with E-state index in [9.17, 15) is 9.90 Å². The third kappa shape index (κ3) is 3.11. The number of nitrogens with two attached hydrogens (primary N) is 1. The molecule has 104 valence electrons. The summed E-state index contributed by atoms with van der Waals surface area (Å²) in [5.74, 6) is -0.978. The van der Waals surface area contributed by atoms with E-state index in [4.69, 9.17) is 5.73 Å². The lowest BCUT2D eigenvalue weighted by molar-refractivity contribution is 0.0697. The number of carboxylic acid groups (broad SMARTS) is 1. The fraction of sp³-hybridized carbons (Fsp3) is 0.133. The first-order valence-electron chi connectivity index (χ1n) is 6.06. The number of carbonyl (C=O) groups is 1. The molecule has 4 nitrogen and oxygen atoms in total. The second-order valence-corrected chi connectivity index (χ2v) is 5.45. The summed E-state index contributed by atoms with van der Waals surface area (Å²) in [6, 6.07) is 12.8. The maximum atomic E-state index is 11.3. The average Bonchev–Trinajstić information content (AvgIpc) is 2.38. The number of nitrogens with zero attached hydrogens (tertiary/aromatic N) is 1. The third-order valence-corrected chi connectivity index (χ3v) is 3.48. The highest BCUT2D eigenvalue weighted by atomic mass is 79.9. The van der Waals surface area contributed by atoms with Crippen molar-refractivity contribution in [3.05, 3.63) is 58.1 Å². The second-order valence-electron chi connectivity index (χ2n) is 4.53. The van der Waals surface area contributed by atoms with Crippen LogP contribution in [0.25, 0.3) is 0 Å². The molecule has 0 aliphatic carbocycles. The van der Waals surface area contributed by atoms with Crippen molar-refractivity contribution in [3.8, 4) is 0 Å². The van der Waals surface area contributed by atoms with Gasteiger partial charge < -0.3 is 15.7 Å². The van der Waals surface area contributed by atoms with Crippen molar-refractivity contribution in [2.45, 2.75) is 6.54 Å². The summed E-state index contributed by atoms with van der Waals surface area (Å²) in [6.45, 7) is 0.577. The van der Waals surface area contributed by atoms with Crippen LogP contribution in [0.3, 0.4) is 0 Å². The molecule has 0 aliphatic heterocycles. The third-order valence-electron chi connectivity index (χ3n) is 2.99. The topological polar surface area (TPSA) is 66.6 Å². The van der Waals surface area contributed by atoms with Crippen molar-refractivity contribution in [2.75, 3.05) is 17.7 Å². The molecule has 2 aromatic rings. The average molecular weight is 335 g/mol. The van der Waals surface area contributed by atoms with Crippen LogP contribution < -0.4 is 10.6 Å². The molecule has 2 rings (SSSR count). The highest BCUT2D eigenvalue weighted by Gasteiger charge is 2.16. The van der Waals surface area contributed by atoms with E-state index in [1.807, 2.05) is 36.2 Å². The van der Waals surface area contributed by atoms with E-state index in [0.29, 0.717) is 17.9 Å². The molecule has 0 spiro atoms. The maximum absolute atomic E-state index is 11.3. The van der Waals surface area contributed by atoms with Gasteiger partial charge in [-0.05, 0) is 29.8 Å². The fourth-order valence-corrected chi connectivity index (χ4v) is 2.59. The first-order valence-corrected chi connectivity index (χ1v) is 6.85. The van der Waals surface area contributed by atoms with Gasteiger partial charge in [0.15, 0.2) is 0 Å². The summed E-state index contributed by atoms with van der Waals surface area (Å²) in [4.78, 5) is 13.1. The van der Waals surface area contributed by atoms with Gasteiger partial charge in [-0.15, -0.1) is 0 Å². The molecule has 0 amide bonds. The van der Waals surface area contributed by atoms with Crippen LogP contribution in [0.4, 0.5) is 11.4 Å². The van der Waals surface area contributed by atoms with E-state index in [1.165, 1.54) is 0 Å². The molecule has 0 unspecified atom stereocenters. The number of aromatic carboxylic acids is 1. The van der Waals surface area contributed by atoms with Gasteiger partial charge in [0.05, 0.1) is 16.9 Å². The van der Waals surface area contributed by atoms with Crippen molar-refractivity contribution in [1.29, 1.82) is 0 Å². The quantitative estimate of drug-likeness (QED) is 0.841. The minimum atomic E-state index is -0.978. The number of nitrogen functional groups attached to an aromatic ring is 1. The summed E-state index contributed by atoms with van der Waals surface area (Å²) in [5, 5.41) is 9.26. The molecule has 0 heterocycles. The zero-order valence-corrected chi connectivity index (χ0v) is 12.6. The molecular formula is C15H15BrN2O2. The summed E-state index contributed by atoms with van der Waals surface area (Å²) in [6.07, 6.45) is 0. The molecule has 5 heteroatoms. The highest BCUT2D eigenvalue weighted by Crippen LogP contribution is 2.28. The number of benzene rings is 2. The fourth-order valence-electron chi connectivity index (χ4n) is 2.15. The van der Waals surface area contributed by atoms with Gasteiger partial charge in [0.25, 0.3) is 0 Å². The predicted octanol–water partition coefficient (Wildman–Crippen LogP) is 3.37. The van der Waals surface area contributed by atoms with Gasteiger partial charge in [0.1, 0.15) is 0 Å². The molecule has 0 saturated heterocycles. The molecular weight excluding hydrogens is 320 g/mol. The number of hydrogen-bond acceptors (Lipinski definition) is 3. The Morgan fingerprint density at radius 2 is 2.00 bits per heavy atom. The number of para-hydroxylation sites is 1. The van der Waals surface area contributed by atoms with Crippen LogP contribution in [0.2, 0.25) is 0 Å². The molecule has 0 fully saturated rings. The summed E-state index contributed by atoms with van der Waals surface area (Å²) < 4.78 is 0.989. The Bertz CT molecular complexity index is 644. The molecule has 3 N–H and O–H groups in total. The van der Waals surface area contributed by atoms with Crippen LogP contribution in [0, 0.1) is 0 Å². The molecule has 20 heavy (non-hydrogen) atoms. The Morgan fingerprint density at radius 3 is 2.65 bits per heavy atom. The van der Waals surface area contributed by atoms with E-state index in [-0.39, 0.29) is 5.56 Å². The monoisotopic (exact) mass is 334 g/mol. The summed E-state index contributed by atoms with van der Waals surface area (Å²) in [7, 11) is 1.83. The molecule has 2 aromatic carbocycles. The lowest BCUT2D eigenvalue weighted by Crippen LogP contribution is -2.20. The van der Waals surface area contributed by atoms with E-state index in [1.54, 1.807) is 18.2 Å². The van der Waals surface area contributed by atoms with Crippen LogP contribution in [0.1, 0.15) is 15.9 Å². The standard InChI is InChI=1S/C15H15BrN2O2/c1-18(9-10-4-2-5-11(16)8-10)14-12(15(19)20)6-3-7-13(14)17/h2-8H,9,17H2,1H3,(H,19,20).